The normalized spacial score (nSPS) is 24.0. The topological polar surface area (TPSA) is 174 Å². The van der Waals surface area contributed by atoms with Crippen molar-refractivity contribution < 1.29 is 50.0 Å². The minimum Gasteiger partial charge on any atom is -0.342 e. The van der Waals surface area contributed by atoms with Gasteiger partial charge < -0.3 is 40.9 Å². The zero-order valence-corrected chi connectivity index (χ0v) is 14.6. The SMILES string of the molecule is OC1(O)OC(O)(O)C(O)(O)N(c2cc(CBr)cc(Br)c2F)C1(O)O. The molecule has 8 N–H and O–H groups in total. The smallest absolute Gasteiger partial charge is 0.342 e. The monoisotopic (exact) mass is 479 g/mol. The lowest BCUT2D eigenvalue weighted by atomic mass is 10.1. The van der Waals surface area contributed by atoms with Crippen molar-refractivity contribution in [1.82, 2.24) is 0 Å². The van der Waals surface area contributed by atoms with Crippen LogP contribution in [0.15, 0.2) is 16.6 Å². The Morgan fingerprint density at radius 3 is 1.83 bits per heavy atom. The van der Waals surface area contributed by atoms with Crippen LogP contribution >= 0.6 is 31.9 Å². The number of aliphatic hydroxyl groups is 8. The first-order valence-corrected chi connectivity index (χ1v) is 7.94. The number of hydrogen-bond donors (Lipinski definition) is 8. The highest BCUT2D eigenvalue weighted by Crippen LogP contribution is 2.46. The summed E-state index contributed by atoms with van der Waals surface area (Å²) in [5.74, 6) is -17.9. The lowest BCUT2D eigenvalue weighted by Gasteiger charge is -2.55. The maximum absolute atomic E-state index is 14.4. The third-order valence-electron chi connectivity index (χ3n) is 3.25. The van der Waals surface area contributed by atoms with Crippen LogP contribution in [0.5, 0.6) is 0 Å². The zero-order valence-electron chi connectivity index (χ0n) is 11.4. The second kappa shape index (κ2) is 5.78. The quantitative estimate of drug-likeness (QED) is 0.172. The second-order valence-corrected chi connectivity index (χ2v) is 6.38. The fourth-order valence-corrected chi connectivity index (χ4v) is 2.87. The molecule has 1 fully saturated rings. The van der Waals surface area contributed by atoms with Crippen LogP contribution in [0.4, 0.5) is 10.1 Å². The molecule has 1 heterocycles. The lowest BCUT2D eigenvalue weighted by molar-refractivity contribution is -0.606. The first kappa shape index (κ1) is 19.9. The fraction of sp³-hybridized carbons (Fsp3) is 0.455. The van der Waals surface area contributed by atoms with Crippen LogP contribution < -0.4 is 4.90 Å². The van der Waals surface area contributed by atoms with Crippen molar-refractivity contribution >= 4 is 37.5 Å². The van der Waals surface area contributed by atoms with Gasteiger partial charge in [0, 0.05) is 5.33 Å². The number of rotatable bonds is 2. The molecule has 0 radical (unpaired) electrons. The first-order chi connectivity index (χ1) is 10.7. The number of anilines is 1. The molecule has 136 valence electrons. The summed E-state index contributed by atoms with van der Waals surface area (Å²) in [6, 6.07) is 2.10. The molecule has 1 aliphatic rings. The van der Waals surface area contributed by atoms with E-state index < -0.39 is 40.2 Å². The van der Waals surface area contributed by atoms with Gasteiger partial charge in [-0.25, -0.2) is 4.39 Å². The van der Waals surface area contributed by atoms with E-state index in [2.05, 4.69) is 36.6 Å². The fourth-order valence-electron chi connectivity index (χ4n) is 2.05. The number of nitrogens with zero attached hydrogens (tertiary/aromatic N) is 1. The van der Waals surface area contributed by atoms with E-state index in [9.17, 15) is 45.2 Å². The Kier molecular flexibility index (Phi) is 4.79. The molecule has 24 heavy (non-hydrogen) atoms. The molecular weight excluding hydrogens is 469 g/mol. The van der Waals surface area contributed by atoms with Gasteiger partial charge in [0.1, 0.15) is 0 Å². The number of benzene rings is 1. The summed E-state index contributed by atoms with van der Waals surface area (Å²) in [7, 11) is 0. The molecular formula is C11H12Br2FNO9. The van der Waals surface area contributed by atoms with Gasteiger partial charge in [0.15, 0.2) is 5.82 Å². The van der Waals surface area contributed by atoms with Crippen LogP contribution in [-0.4, -0.2) is 64.6 Å². The van der Waals surface area contributed by atoms with Crippen molar-refractivity contribution in [3.8, 4) is 0 Å². The first-order valence-electron chi connectivity index (χ1n) is 6.02. The van der Waals surface area contributed by atoms with E-state index in [-0.39, 0.29) is 15.4 Å². The van der Waals surface area contributed by atoms with Crippen LogP contribution in [0, 0.1) is 5.82 Å². The lowest BCUT2D eigenvalue weighted by Crippen LogP contribution is -2.84. The Balaban J connectivity index is 2.80. The third-order valence-corrected chi connectivity index (χ3v) is 4.47. The van der Waals surface area contributed by atoms with Gasteiger partial charge in [0.05, 0.1) is 10.2 Å². The third kappa shape index (κ3) is 2.75. The molecule has 0 saturated carbocycles. The molecule has 0 atom stereocenters. The van der Waals surface area contributed by atoms with Crippen molar-refractivity contribution in [3.63, 3.8) is 0 Å². The Labute approximate surface area is 149 Å². The maximum Gasteiger partial charge on any atom is 0.362 e. The molecule has 0 bridgehead atoms. The van der Waals surface area contributed by atoms with Gasteiger partial charge >= 0.3 is 23.8 Å². The molecule has 13 heteroatoms. The maximum atomic E-state index is 14.4. The second-order valence-electron chi connectivity index (χ2n) is 4.97. The molecule has 2 rings (SSSR count). The molecule has 0 aliphatic carbocycles. The molecule has 1 saturated heterocycles. The van der Waals surface area contributed by atoms with E-state index in [0.717, 1.165) is 6.07 Å². The van der Waals surface area contributed by atoms with Gasteiger partial charge in [-0.05, 0) is 33.6 Å². The summed E-state index contributed by atoms with van der Waals surface area (Å²) in [6.07, 6.45) is 0. The van der Waals surface area contributed by atoms with Crippen molar-refractivity contribution in [2.24, 2.45) is 0 Å². The van der Waals surface area contributed by atoms with Crippen LogP contribution in [-0.2, 0) is 10.1 Å². The highest BCUT2D eigenvalue weighted by molar-refractivity contribution is 9.10. The highest BCUT2D eigenvalue weighted by Gasteiger charge is 2.75. The summed E-state index contributed by atoms with van der Waals surface area (Å²) >= 11 is 5.85. The highest BCUT2D eigenvalue weighted by atomic mass is 79.9. The van der Waals surface area contributed by atoms with Crippen LogP contribution in [0.1, 0.15) is 5.56 Å². The largest absolute Gasteiger partial charge is 0.362 e. The van der Waals surface area contributed by atoms with E-state index >= 15 is 0 Å². The number of hydrogen-bond acceptors (Lipinski definition) is 10. The van der Waals surface area contributed by atoms with Crippen LogP contribution in [0.2, 0.25) is 0 Å². The van der Waals surface area contributed by atoms with Gasteiger partial charge in [0.25, 0.3) is 0 Å². The number of alkyl halides is 1. The predicted molar refractivity (Wildman–Crippen MR) is 79.0 cm³/mol. The Morgan fingerprint density at radius 2 is 1.42 bits per heavy atom. The van der Waals surface area contributed by atoms with Crippen molar-refractivity contribution in [3.05, 3.63) is 28.0 Å². The molecule has 1 aromatic carbocycles. The summed E-state index contributed by atoms with van der Waals surface area (Å²) in [4.78, 5) is -0.574. The Bertz CT molecular complexity index is 641. The van der Waals surface area contributed by atoms with Gasteiger partial charge in [-0.3, -0.25) is 9.64 Å². The van der Waals surface area contributed by atoms with Crippen molar-refractivity contribution in [2.45, 2.75) is 29.1 Å². The number of ether oxygens (including phenoxy) is 1. The zero-order chi connectivity index (χ0) is 18.7. The Morgan fingerprint density at radius 1 is 0.958 bits per heavy atom. The number of halogens is 3. The average Bonchev–Trinajstić information content (AvgIpc) is 2.40. The van der Waals surface area contributed by atoms with Crippen LogP contribution in [0.25, 0.3) is 0 Å². The standard InChI is InChI=1S/C11H12Br2FNO9/c12-3-4-1-5(13)7(14)6(2-4)15-8(16,17)10(20,21)24-11(22,23)9(15,18)19/h1-2,16-23H,3H2. The molecule has 0 spiro atoms. The van der Waals surface area contributed by atoms with Gasteiger partial charge in [-0.15, -0.1) is 0 Å². The van der Waals surface area contributed by atoms with Gasteiger partial charge in [0.2, 0.25) is 0 Å². The van der Waals surface area contributed by atoms with E-state index in [1.165, 1.54) is 6.07 Å². The molecule has 1 aliphatic heterocycles. The molecule has 0 amide bonds. The van der Waals surface area contributed by atoms with E-state index in [1.54, 1.807) is 0 Å². The molecule has 0 unspecified atom stereocenters. The molecule has 10 nitrogen and oxygen atoms in total. The van der Waals surface area contributed by atoms with Crippen LogP contribution in [0.3, 0.4) is 0 Å². The molecule has 0 aromatic heterocycles. The Hall–Kier alpha value is -0.450. The van der Waals surface area contributed by atoms with E-state index in [4.69, 9.17) is 0 Å². The van der Waals surface area contributed by atoms with Crippen molar-refractivity contribution in [1.29, 1.82) is 0 Å². The number of morpholine rings is 1. The van der Waals surface area contributed by atoms with E-state index in [1.807, 2.05) is 0 Å². The van der Waals surface area contributed by atoms with E-state index in [0.29, 0.717) is 0 Å². The minimum atomic E-state index is -4.16. The van der Waals surface area contributed by atoms with Crippen molar-refractivity contribution in [2.75, 3.05) is 4.90 Å². The summed E-state index contributed by atoms with van der Waals surface area (Å²) in [5, 5.41) is 77.6. The van der Waals surface area contributed by atoms with Gasteiger partial charge in [-0.1, -0.05) is 15.9 Å². The molecule has 1 aromatic rings. The summed E-state index contributed by atoms with van der Waals surface area (Å²) in [6.45, 7) is 0. The summed E-state index contributed by atoms with van der Waals surface area (Å²) < 4.78 is 17.8. The van der Waals surface area contributed by atoms with Gasteiger partial charge in [-0.2, -0.15) is 0 Å². The summed E-state index contributed by atoms with van der Waals surface area (Å²) in [5.41, 5.74) is -0.767. The predicted octanol–water partition coefficient (Wildman–Crippen LogP) is -2.13. The average molecular weight is 481 g/mol. The minimum absolute atomic E-state index is 0.101.